The van der Waals surface area contributed by atoms with Crippen LogP contribution in [0.5, 0.6) is 0 Å². The number of hydrogen-bond acceptors (Lipinski definition) is 6. The summed E-state index contributed by atoms with van der Waals surface area (Å²) in [6.45, 7) is 5.37. The van der Waals surface area contributed by atoms with Gasteiger partial charge in [-0.05, 0) is 39.1 Å². The molecule has 6 heteroatoms. The van der Waals surface area contributed by atoms with Gasteiger partial charge >= 0.3 is 0 Å². The van der Waals surface area contributed by atoms with Crippen LogP contribution in [0.2, 0.25) is 0 Å². The van der Waals surface area contributed by atoms with Crippen LogP contribution in [0.15, 0.2) is 11.2 Å². The second-order valence-corrected chi connectivity index (χ2v) is 6.07. The first-order chi connectivity index (χ1) is 9.71. The Morgan fingerprint density at radius 1 is 1.40 bits per heavy atom. The van der Waals surface area contributed by atoms with Crippen LogP contribution in [-0.2, 0) is 0 Å². The van der Waals surface area contributed by atoms with Crippen LogP contribution in [0, 0.1) is 0 Å². The van der Waals surface area contributed by atoms with Crippen LogP contribution in [0.25, 0.3) is 0 Å². The van der Waals surface area contributed by atoms with E-state index in [9.17, 15) is 0 Å². The summed E-state index contributed by atoms with van der Waals surface area (Å²) in [5.41, 5.74) is 0. The summed E-state index contributed by atoms with van der Waals surface area (Å²) in [5, 5.41) is 7.71. The van der Waals surface area contributed by atoms with E-state index in [1.54, 1.807) is 11.8 Å². The summed E-state index contributed by atoms with van der Waals surface area (Å²) in [6, 6.07) is 2.50. The molecule has 112 valence electrons. The molecule has 1 aliphatic heterocycles. The lowest BCUT2D eigenvalue weighted by atomic mass is 10.1. The number of nitrogens with one attached hydrogen (secondary N) is 2. The molecule has 1 aromatic heterocycles. The maximum atomic E-state index is 4.56. The van der Waals surface area contributed by atoms with Gasteiger partial charge in [-0.1, -0.05) is 18.7 Å². The number of hydrogen-bond donors (Lipinski definition) is 2. The lowest BCUT2D eigenvalue weighted by Gasteiger charge is -2.30. The number of likely N-dealkylation sites (tertiary alicyclic amines) is 1. The van der Waals surface area contributed by atoms with Crippen molar-refractivity contribution in [3.63, 3.8) is 0 Å². The predicted molar refractivity (Wildman–Crippen MR) is 86.7 cm³/mol. The van der Waals surface area contributed by atoms with E-state index in [1.165, 1.54) is 19.4 Å². The van der Waals surface area contributed by atoms with Gasteiger partial charge < -0.3 is 15.5 Å². The van der Waals surface area contributed by atoms with Crippen molar-refractivity contribution in [2.24, 2.45) is 0 Å². The SMILES string of the molecule is CCCNc1cc(NC2CCCN(C)C2)nc(SC)n1. The first-order valence-electron chi connectivity index (χ1n) is 7.33. The smallest absolute Gasteiger partial charge is 0.191 e. The van der Waals surface area contributed by atoms with Gasteiger partial charge in [-0.15, -0.1) is 0 Å². The molecule has 1 fully saturated rings. The second kappa shape index (κ2) is 7.69. The largest absolute Gasteiger partial charge is 0.370 e. The van der Waals surface area contributed by atoms with Crippen molar-refractivity contribution in [2.75, 3.05) is 43.6 Å². The van der Waals surface area contributed by atoms with E-state index >= 15 is 0 Å². The molecule has 2 N–H and O–H groups in total. The molecule has 1 saturated heterocycles. The van der Waals surface area contributed by atoms with Crippen molar-refractivity contribution in [1.82, 2.24) is 14.9 Å². The highest BCUT2D eigenvalue weighted by atomic mass is 32.2. The van der Waals surface area contributed by atoms with Crippen LogP contribution in [-0.4, -0.2) is 53.8 Å². The van der Waals surface area contributed by atoms with Crippen LogP contribution >= 0.6 is 11.8 Å². The molecule has 0 aliphatic carbocycles. The molecule has 1 atom stereocenters. The number of piperidine rings is 1. The van der Waals surface area contributed by atoms with Gasteiger partial charge in [-0.25, -0.2) is 9.97 Å². The molecule has 0 amide bonds. The molecule has 20 heavy (non-hydrogen) atoms. The zero-order valence-corrected chi connectivity index (χ0v) is 13.5. The molecule has 0 spiro atoms. The molecule has 0 radical (unpaired) electrons. The summed E-state index contributed by atoms with van der Waals surface area (Å²) in [4.78, 5) is 11.4. The van der Waals surface area contributed by atoms with Crippen molar-refractivity contribution in [1.29, 1.82) is 0 Å². The molecule has 2 rings (SSSR count). The minimum absolute atomic E-state index is 0.484. The van der Waals surface area contributed by atoms with E-state index in [2.05, 4.69) is 39.5 Å². The van der Waals surface area contributed by atoms with Gasteiger partial charge in [0.2, 0.25) is 0 Å². The number of rotatable bonds is 6. The third-order valence-corrected chi connectivity index (χ3v) is 3.97. The minimum atomic E-state index is 0.484. The van der Waals surface area contributed by atoms with Gasteiger partial charge in [0.25, 0.3) is 0 Å². The Hall–Kier alpha value is -1.01. The fourth-order valence-electron chi connectivity index (χ4n) is 2.43. The molecule has 0 aromatic carbocycles. The van der Waals surface area contributed by atoms with Gasteiger partial charge in [-0.3, -0.25) is 0 Å². The van der Waals surface area contributed by atoms with E-state index in [-0.39, 0.29) is 0 Å². The predicted octanol–water partition coefficient (Wildman–Crippen LogP) is 2.53. The van der Waals surface area contributed by atoms with Crippen LogP contribution < -0.4 is 10.6 Å². The molecule has 5 nitrogen and oxygen atoms in total. The standard InChI is InChI=1S/C14H25N5S/c1-4-7-15-12-9-13(18-14(17-12)20-3)16-11-6-5-8-19(2)10-11/h9,11H,4-8,10H2,1-3H3,(H2,15,16,17,18). The fourth-order valence-corrected chi connectivity index (χ4v) is 2.81. The molecule has 0 saturated carbocycles. The molecule has 2 heterocycles. The van der Waals surface area contributed by atoms with E-state index in [0.717, 1.165) is 36.3 Å². The monoisotopic (exact) mass is 295 g/mol. The normalized spacial score (nSPS) is 19.9. The summed E-state index contributed by atoms with van der Waals surface area (Å²) in [7, 11) is 2.18. The average Bonchev–Trinajstić information content (AvgIpc) is 2.45. The number of anilines is 2. The highest BCUT2D eigenvalue weighted by molar-refractivity contribution is 7.98. The number of nitrogens with zero attached hydrogens (tertiary/aromatic N) is 3. The lowest BCUT2D eigenvalue weighted by Crippen LogP contribution is -2.39. The maximum Gasteiger partial charge on any atom is 0.191 e. The Morgan fingerprint density at radius 2 is 2.20 bits per heavy atom. The first-order valence-corrected chi connectivity index (χ1v) is 8.55. The van der Waals surface area contributed by atoms with E-state index < -0.39 is 0 Å². The maximum absolute atomic E-state index is 4.56. The molecular weight excluding hydrogens is 270 g/mol. The third kappa shape index (κ3) is 4.52. The van der Waals surface area contributed by atoms with Gasteiger partial charge in [-0.2, -0.15) is 0 Å². The van der Waals surface area contributed by atoms with Crippen LogP contribution in [0.4, 0.5) is 11.6 Å². The highest BCUT2D eigenvalue weighted by Crippen LogP contribution is 2.20. The molecule has 1 unspecified atom stereocenters. The van der Waals surface area contributed by atoms with Gasteiger partial charge in [0.05, 0.1) is 0 Å². The summed E-state index contributed by atoms with van der Waals surface area (Å²) in [6.07, 6.45) is 5.56. The topological polar surface area (TPSA) is 53.1 Å². The Bertz CT molecular complexity index is 426. The average molecular weight is 295 g/mol. The highest BCUT2D eigenvalue weighted by Gasteiger charge is 2.17. The van der Waals surface area contributed by atoms with Crippen molar-refractivity contribution in [3.8, 4) is 0 Å². The van der Waals surface area contributed by atoms with Crippen LogP contribution in [0.1, 0.15) is 26.2 Å². The number of aromatic nitrogens is 2. The first kappa shape index (κ1) is 15.4. The molecule has 0 bridgehead atoms. The van der Waals surface area contributed by atoms with E-state index in [1.807, 2.05) is 12.3 Å². The van der Waals surface area contributed by atoms with Crippen molar-refractivity contribution in [3.05, 3.63) is 6.07 Å². The Morgan fingerprint density at radius 3 is 2.90 bits per heavy atom. The van der Waals surface area contributed by atoms with E-state index in [4.69, 9.17) is 0 Å². The molecule has 1 aromatic rings. The van der Waals surface area contributed by atoms with Gasteiger partial charge in [0.15, 0.2) is 5.16 Å². The Balaban J connectivity index is 2.05. The molecular formula is C14H25N5S. The zero-order chi connectivity index (χ0) is 14.4. The fraction of sp³-hybridized carbons (Fsp3) is 0.714. The van der Waals surface area contributed by atoms with Gasteiger partial charge in [0.1, 0.15) is 11.6 Å². The Kier molecular flexibility index (Phi) is 5.91. The quantitative estimate of drug-likeness (QED) is 0.621. The van der Waals surface area contributed by atoms with Crippen molar-refractivity contribution >= 4 is 23.4 Å². The summed E-state index contributed by atoms with van der Waals surface area (Å²) in [5.74, 6) is 1.85. The minimum Gasteiger partial charge on any atom is -0.370 e. The van der Waals surface area contributed by atoms with Crippen molar-refractivity contribution < 1.29 is 0 Å². The van der Waals surface area contributed by atoms with Gasteiger partial charge in [0, 0.05) is 25.2 Å². The molecule has 1 aliphatic rings. The summed E-state index contributed by atoms with van der Waals surface area (Å²) < 4.78 is 0. The lowest BCUT2D eigenvalue weighted by molar-refractivity contribution is 0.260. The third-order valence-electron chi connectivity index (χ3n) is 3.42. The second-order valence-electron chi connectivity index (χ2n) is 5.30. The number of thioether (sulfide) groups is 1. The zero-order valence-electron chi connectivity index (χ0n) is 12.6. The summed E-state index contributed by atoms with van der Waals surface area (Å²) >= 11 is 1.58. The number of likely N-dealkylation sites (N-methyl/N-ethyl adjacent to an activating group) is 1. The van der Waals surface area contributed by atoms with Crippen molar-refractivity contribution in [2.45, 2.75) is 37.4 Å². The van der Waals surface area contributed by atoms with E-state index in [0.29, 0.717) is 6.04 Å². The van der Waals surface area contributed by atoms with Crippen LogP contribution in [0.3, 0.4) is 0 Å². The Labute approximate surface area is 125 Å².